The molecule has 2 atom stereocenters. The van der Waals surface area contributed by atoms with E-state index in [0.29, 0.717) is 0 Å². The third kappa shape index (κ3) is 7.14. The molecule has 10 aromatic carbocycles. The molecule has 1 aliphatic carbocycles. The number of hydrogen-bond acceptors (Lipinski definition) is 3. The first-order valence-corrected chi connectivity index (χ1v) is 26.2. The number of allylic oxidation sites excluding steroid dienone is 2. The quantitative estimate of drug-likeness (QED) is 0.152. The molecule has 0 saturated carbocycles. The van der Waals surface area contributed by atoms with Crippen LogP contribution < -0.4 is 4.90 Å². The normalized spacial score (nSPS) is 14.7. The average Bonchev–Trinajstić information content (AvgIpc) is 4.06. The molecule has 356 valence electrons. The minimum Gasteiger partial charge on any atom is -0.332 e. The summed E-state index contributed by atoms with van der Waals surface area (Å²) in [6, 6.07) is 92.2. The first-order valence-electron chi connectivity index (χ1n) is 26.2. The molecule has 2 unspecified atom stereocenters. The smallest absolute Gasteiger partial charge is 0.0782 e. The maximum atomic E-state index is 5.16. The summed E-state index contributed by atoms with van der Waals surface area (Å²) in [4.78, 5) is 12.9. The monoisotopic (exact) mass is 968 g/mol. The van der Waals surface area contributed by atoms with Crippen LogP contribution in [0.1, 0.15) is 11.5 Å². The van der Waals surface area contributed by atoms with Gasteiger partial charge >= 0.3 is 0 Å². The van der Waals surface area contributed by atoms with Gasteiger partial charge in [-0.3, -0.25) is 0 Å². The largest absolute Gasteiger partial charge is 0.332 e. The van der Waals surface area contributed by atoms with E-state index in [-0.39, 0.29) is 12.0 Å². The van der Waals surface area contributed by atoms with Crippen LogP contribution in [0.15, 0.2) is 279 Å². The van der Waals surface area contributed by atoms with Crippen molar-refractivity contribution in [1.29, 1.82) is 0 Å². The highest BCUT2D eigenvalue weighted by Crippen LogP contribution is 2.53. The van der Waals surface area contributed by atoms with Crippen molar-refractivity contribution in [3.8, 4) is 73.0 Å². The molecule has 0 radical (unpaired) electrons. The summed E-state index contributed by atoms with van der Waals surface area (Å²) in [6.07, 6.45) is 9.19. The SMILES string of the molecule is C1=CC2c3ccc4c5ccccc5n(-c5ccc(-c6ccc(-c7cccc(-c8ccccc8)n7)c7ccccc67)cc5)c4c3N(c3ccc(-c4ccc(-c5cccc(-c6ccccc6)n5)c5ccccc45)cc3)C2C=C1. The Hall–Kier alpha value is -9.90. The number of fused-ring (bicyclic) bond motifs is 9. The van der Waals surface area contributed by atoms with E-state index in [0.717, 1.165) is 56.4 Å². The second-order valence-corrected chi connectivity index (χ2v) is 20.0. The second-order valence-electron chi connectivity index (χ2n) is 20.0. The molecule has 0 N–H and O–H groups in total. The molecule has 15 rings (SSSR count). The zero-order chi connectivity index (χ0) is 50.1. The molecule has 2 aliphatic rings. The molecule has 4 heterocycles. The topological polar surface area (TPSA) is 34.0 Å². The maximum absolute atomic E-state index is 5.16. The average molecular weight is 969 g/mol. The van der Waals surface area contributed by atoms with Gasteiger partial charge in [0.25, 0.3) is 0 Å². The lowest BCUT2D eigenvalue weighted by Crippen LogP contribution is -2.28. The van der Waals surface area contributed by atoms with Gasteiger partial charge < -0.3 is 9.47 Å². The van der Waals surface area contributed by atoms with Crippen molar-refractivity contribution in [2.24, 2.45) is 0 Å². The van der Waals surface area contributed by atoms with Gasteiger partial charge in [0.1, 0.15) is 0 Å². The van der Waals surface area contributed by atoms with E-state index in [1.807, 2.05) is 12.1 Å². The van der Waals surface area contributed by atoms with Gasteiger partial charge in [0.15, 0.2) is 0 Å². The van der Waals surface area contributed by atoms with Gasteiger partial charge in [-0.15, -0.1) is 0 Å². The van der Waals surface area contributed by atoms with Crippen molar-refractivity contribution in [1.82, 2.24) is 14.5 Å². The Morgan fingerprint density at radius 2 is 0.763 bits per heavy atom. The van der Waals surface area contributed by atoms with Crippen molar-refractivity contribution in [3.05, 3.63) is 285 Å². The number of aromatic nitrogens is 3. The predicted octanol–water partition coefficient (Wildman–Crippen LogP) is 18.6. The van der Waals surface area contributed by atoms with Crippen LogP contribution >= 0.6 is 0 Å². The van der Waals surface area contributed by atoms with Gasteiger partial charge in [0.05, 0.1) is 45.5 Å². The van der Waals surface area contributed by atoms with Crippen molar-refractivity contribution in [3.63, 3.8) is 0 Å². The molecule has 0 saturated heterocycles. The zero-order valence-electron chi connectivity index (χ0n) is 41.5. The molecule has 13 aromatic rings. The first kappa shape index (κ1) is 43.7. The number of pyridine rings is 2. The van der Waals surface area contributed by atoms with Gasteiger partial charge in [0.2, 0.25) is 0 Å². The van der Waals surface area contributed by atoms with E-state index in [9.17, 15) is 0 Å². The predicted molar refractivity (Wildman–Crippen MR) is 317 cm³/mol. The molecule has 4 heteroatoms. The van der Waals surface area contributed by atoms with Crippen LogP contribution in [0.3, 0.4) is 0 Å². The second kappa shape index (κ2) is 17.9. The van der Waals surface area contributed by atoms with E-state index >= 15 is 0 Å². The van der Waals surface area contributed by atoms with E-state index in [1.54, 1.807) is 0 Å². The lowest BCUT2D eigenvalue weighted by atomic mass is 9.91. The Balaban J connectivity index is 0.818. The molecular weight excluding hydrogens is 921 g/mol. The number of benzene rings is 10. The summed E-state index contributed by atoms with van der Waals surface area (Å²) in [5.41, 5.74) is 20.4. The van der Waals surface area contributed by atoms with Crippen LogP contribution in [0.2, 0.25) is 0 Å². The lowest BCUT2D eigenvalue weighted by molar-refractivity contribution is 0.745. The Kier molecular flexibility index (Phi) is 10.3. The number of nitrogens with zero attached hydrogens (tertiary/aromatic N) is 4. The lowest BCUT2D eigenvalue weighted by Gasteiger charge is -2.29. The molecule has 3 aromatic heterocycles. The Bertz CT molecular complexity index is 4450. The van der Waals surface area contributed by atoms with Gasteiger partial charge in [-0.2, -0.15) is 0 Å². The minimum atomic E-state index is 0.122. The van der Waals surface area contributed by atoms with Crippen LogP contribution in [0.25, 0.3) is 116 Å². The zero-order valence-corrected chi connectivity index (χ0v) is 41.5. The van der Waals surface area contributed by atoms with Crippen molar-refractivity contribution < 1.29 is 0 Å². The number of hydrogen-bond donors (Lipinski definition) is 0. The van der Waals surface area contributed by atoms with Crippen LogP contribution in [0.4, 0.5) is 11.4 Å². The Morgan fingerprint density at radius 3 is 1.33 bits per heavy atom. The van der Waals surface area contributed by atoms with Crippen molar-refractivity contribution in [2.75, 3.05) is 4.90 Å². The van der Waals surface area contributed by atoms with E-state index in [4.69, 9.17) is 9.97 Å². The molecule has 0 bridgehead atoms. The highest BCUT2D eigenvalue weighted by molar-refractivity contribution is 6.15. The Labute approximate surface area is 441 Å². The standard InChI is InChI=1S/C72H48N4/c1-3-17-49(18-4-1)65-27-15-29-67(73-65)59-43-41-53(55-21-7-9-23-57(55)59)47-33-37-51(38-34-47)75-69-31-13-11-25-61(69)63-45-46-64-62-26-12-14-32-70(62)76(72(64)71(63)75)52-39-35-48(36-40-52)54-42-44-60(58-24-10-8-22-56(54)58)68-30-16-28-66(74-68)50-19-5-2-6-20-50/h1-46,61,69H. The van der Waals surface area contributed by atoms with Crippen LogP contribution in [-0.4, -0.2) is 20.6 Å². The molecule has 0 amide bonds. The van der Waals surface area contributed by atoms with Crippen molar-refractivity contribution >= 4 is 54.7 Å². The fraction of sp³-hybridized carbons (Fsp3) is 0.0278. The summed E-state index contributed by atoms with van der Waals surface area (Å²) >= 11 is 0. The van der Waals surface area contributed by atoms with Gasteiger partial charge in [-0.05, 0) is 104 Å². The van der Waals surface area contributed by atoms with Gasteiger partial charge in [-0.25, -0.2) is 9.97 Å². The van der Waals surface area contributed by atoms with E-state index < -0.39 is 0 Å². The van der Waals surface area contributed by atoms with Gasteiger partial charge in [-0.1, -0.05) is 224 Å². The highest BCUT2D eigenvalue weighted by atomic mass is 15.2. The van der Waals surface area contributed by atoms with Crippen molar-refractivity contribution in [2.45, 2.75) is 12.0 Å². The fourth-order valence-electron chi connectivity index (χ4n) is 12.3. The summed E-state index contributed by atoms with van der Waals surface area (Å²) in [6.45, 7) is 0. The third-order valence-corrected chi connectivity index (χ3v) is 15.8. The number of rotatable bonds is 8. The summed E-state index contributed by atoms with van der Waals surface area (Å²) in [5.74, 6) is 0.204. The van der Waals surface area contributed by atoms with Gasteiger partial charge in [0, 0.05) is 50.3 Å². The minimum absolute atomic E-state index is 0.122. The number of anilines is 2. The highest BCUT2D eigenvalue weighted by Gasteiger charge is 2.40. The molecule has 4 nitrogen and oxygen atoms in total. The fourth-order valence-corrected chi connectivity index (χ4v) is 12.3. The summed E-state index contributed by atoms with van der Waals surface area (Å²) in [5, 5.41) is 7.26. The summed E-state index contributed by atoms with van der Waals surface area (Å²) < 4.78 is 2.50. The molecule has 0 spiro atoms. The molecule has 1 aliphatic heterocycles. The molecular formula is C72H48N4. The van der Waals surface area contributed by atoms with E-state index in [2.05, 4.69) is 276 Å². The molecule has 0 fully saturated rings. The van der Waals surface area contributed by atoms with E-state index in [1.165, 1.54) is 76.9 Å². The summed E-state index contributed by atoms with van der Waals surface area (Å²) in [7, 11) is 0. The third-order valence-electron chi connectivity index (χ3n) is 15.8. The number of para-hydroxylation sites is 1. The Morgan fingerprint density at radius 1 is 0.303 bits per heavy atom. The maximum Gasteiger partial charge on any atom is 0.0782 e. The van der Waals surface area contributed by atoms with Crippen LogP contribution in [0, 0.1) is 0 Å². The van der Waals surface area contributed by atoms with Crippen LogP contribution in [0.5, 0.6) is 0 Å². The molecule has 76 heavy (non-hydrogen) atoms. The first-order chi connectivity index (χ1) is 37.7. The van der Waals surface area contributed by atoms with Crippen LogP contribution in [-0.2, 0) is 0 Å².